The van der Waals surface area contributed by atoms with Gasteiger partial charge in [-0.05, 0) is 39.4 Å². The second-order valence-corrected chi connectivity index (χ2v) is 9.76. The van der Waals surface area contributed by atoms with Gasteiger partial charge in [0.2, 0.25) is 0 Å². The fourth-order valence-electron chi connectivity index (χ4n) is 1.25. The van der Waals surface area contributed by atoms with E-state index < -0.39 is 8.32 Å². The number of hydrogen-bond donors (Lipinski definition) is 0. The summed E-state index contributed by atoms with van der Waals surface area (Å²) < 4.78 is 10.7. The Balaban J connectivity index is 3.58. The molecule has 0 spiro atoms. The molecule has 0 rings (SSSR count). The number of carbonyl (C=O) groups is 1. The quantitative estimate of drug-likeness (QED) is 0.314. The predicted molar refractivity (Wildman–Crippen MR) is 67.9 cm³/mol. The standard InChI is InChI=1S/C10H21BrO3Si/c1-5-14-15(3,4)8-6-7-13-10(12)9(2)11/h9H,5-8H2,1-4H3/t9-/m0/s1. The molecular weight excluding hydrogens is 276 g/mol. The van der Waals surface area contributed by atoms with E-state index in [1.54, 1.807) is 6.92 Å². The minimum atomic E-state index is -1.51. The molecule has 5 heteroatoms. The van der Waals surface area contributed by atoms with Crippen LogP contribution in [0.15, 0.2) is 0 Å². The van der Waals surface area contributed by atoms with Crippen molar-refractivity contribution in [2.45, 2.75) is 44.2 Å². The maximum atomic E-state index is 11.1. The minimum Gasteiger partial charge on any atom is -0.465 e. The van der Waals surface area contributed by atoms with E-state index in [4.69, 9.17) is 9.16 Å². The van der Waals surface area contributed by atoms with Crippen molar-refractivity contribution in [2.75, 3.05) is 13.2 Å². The zero-order chi connectivity index (χ0) is 11.9. The fourth-order valence-corrected chi connectivity index (χ4v) is 3.30. The highest BCUT2D eigenvalue weighted by Crippen LogP contribution is 2.13. The molecule has 15 heavy (non-hydrogen) atoms. The first-order chi connectivity index (χ1) is 6.89. The molecule has 0 radical (unpaired) electrons. The van der Waals surface area contributed by atoms with Gasteiger partial charge in [0.15, 0.2) is 8.32 Å². The van der Waals surface area contributed by atoms with Gasteiger partial charge in [0.05, 0.1) is 6.61 Å². The van der Waals surface area contributed by atoms with Crippen LogP contribution in [0.2, 0.25) is 19.1 Å². The summed E-state index contributed by atoms with van der Waals surface area (Å²) in [5, 5.41) is 0. The van der Waals surface area contributed by atoms with Gasteiger partial charge >= 0.3 is 5.97 Å². The van der Waals surface area contributed by atoms with Crippen molar-refractivity contribution in [2.24, 2.45) is 0 Å². The summed E-state index contributed by atoms with van der Waals surface area (Å²) in [7, 11) is -1.51. The molecular formula is C10H21BrO3Si. The van der Waals surface area contributed by atoms with Crippen molar-refractivity contribution in [3.63, 3.8) is 0 Å². The topological polar surface area (TPSA) is 35.5 Å². The number of ether oxygens (including phenoxy) is 1. The molecule has 0 aliphatic carbocycles. The lowest BCUT2D eigenvalue weighted by molar-refractivity contribution is -0.142. The average Bonchev–Trinajstić information content (AvgIpc) is 2.11. The van der Waals surface area contributed by atoms with Gasteiger partial charge in [-0.1, -0.05) is 15.9 Å². The Hall–Kier alpha value is 0.127. The Morgan fingerprint density at radius 2 is 2.07 bits per heavy atom. The molecule has 0 saturated heterocycles. The van der Waals surface area contributed by atoms with E-state index in [0.717, 1.165) is 19.1 Å². The summed E-state index contributed by atoms with van der Waals surface area (Å²) >= 11 is 3.17. The van der Waals surface area contributed by atoms with Crippen LogP contribution in [-0.4, -0.2) is 32.3 Å². The summed E-state index contributed by atoms with van der Waals surface area (Å²) in [6.07, 6.45) is 0.894. The van der Waals surface area contributed by atoms with Crippen LogP contribution in [0.4, 0.5) is 0 Å². The first-order valence-corrected chi connectivity index (χ1v) is 9.37. The molecule has 0 aromatic carbocycles. The van der Waals surface area contributed by atoms with Gasteiger partial charge < -0.3 is 9.16 Å². The lowest BCUT2D eigenvalue weighted by Gasteiger charge is -2.21. The summed E-state index contributed by atoms with van der Waals surface area (Å²) in [6, 6.07) is 1.03. The van der Waals surface area contributed by atoms with Crippen LogP contribution in [-0.2, 0) is 14.0 Å². The van der Waals surface area contributed by atoms with Crippen LogP contribution >= 0.6 is 15.9 Å². The van der Waals surface area contributed by atoms with Crippen molar-refractivity contribution in [1.29, 1.82) is 0 Å². The average molecular weight is 297 g/mol. The van der Waals surface area contributed by atoms with Gasteiger partial charge in [-0.3, -0.25) is 4.79 Å². The summed E-state index contributed by atoms with van der Waals surface area (Å²) in [5.74, 6) is -0.189. The third-order valence-electron chi connectivity index (χ3n) is 2.03. The van der Waals surface area contributed by atoms with Gasteiger partial charge in [-0.25, -0.2) is 0 Å². The third-order valence-corrected chi connectivity index (χ3v) is 5.03. The molecule has 0 aromatic rings. The van der Waals surface area contributed by atoms with E-state index in [1.807, 2.05) is 6.92 Å². The zero-order valence-corrected chi connectivity index (χ0v) is 12.6. The maximum absolute atomic E-state index is 11.1. The molecule has 90 valence electrons. The minimum absolute atomic E-state index is 0.189. The Bertz CT molecular complexity index is 195. The highest BCUT2D eigenvalue weighted by molar-refractivity contribution is 9.10. The number of esters is 1. The molecule has 0 fully saturated rings. The van der Waals surface area contributed by atoms with Gasteiger partial charge in [0.25, 0.3) is 0 Å². The molecule has 0 bridgehead atoms. The molecule has 0 unspecified atom stereocenters. The van der Waals surface area contributed by atoms with Gasteiger partial charge in [0.1, 0.15) is 4.83 Å². The van der Waals surface area contributed by atoms with E-state index in [0.29, 0.717) is 6.61 Å². The largest absolute Gasteiger partial charge is 0.465 e. The molecule has 0 aromatic heterocycles. The summed E-state index contributed by atoms with van der Waals surface area (Å²) in [4.78, 5) is 10.9. The number of hydrogen-bond acceptors (Lipinski definition) is 3. The van der Waals surface area contributed by atoms with Crippen LogP contribution in [0, 0.1) is 0 Å². The lowest BCUT2D eigenvalue weighted by Crippen LogP contribution is -2.30. The van der Waals surface area contributed by atoms with E-state index in [2.05, 4.69) is 29.0 Å². The smallest absolute Gasteiger partial charge is 0.319 e. The molecule has 0 N–H and O–H groups in total. The summed E-state index contributed by atoms with van der Waals surface area (Å²) in [6.45, 7) is 9.43. The SMILES string of the molecule is CCO[Si](C)(C)CCCOC(=O)[C@H](C)Br. The molecule has 1 atom stereocenters. The normalized spacial score (nSPS) is 13.7. The third kappa shape index (κ3) is 7.99. The number of halogens is 1. The van der Waals surface area contributed by atoms with Crippen LogP contribution in [0.1, 0.15) is 20.3 Å². The number of carbonyl (C=O) groups excluding carboxylic acids is 1. The van der Waals surface area contributed by atoms with Gasteiger partial charge in [-0.15, -0.1) is 0 Å². The van der Waals surface area contributed by atoms with Crippen LogP contribution in [0.5, 0.6) is 0 Å². The van der Waals surface area contributed by atoms with Crippen molar-refractivity contribution in [3.05, 3.63) is 0 Å². The molecule has 0 heterocycles. The first kappa shape index (κ1) is 15.1. The van der Waals surface area contributed by atoms with Crippen LogP contribution in [0.25, 0.3) is 0 Å². The van der Waals surface area contributed by atoms with Gasteiger partial charge in [0, 0.05) is 6.61 Å². The van der Waals surface area contributed by atoms with Crippen LogP contribution < -0.4 is 0 Å². The molecule has 0 aliphatic rings. The Morgan fingerprint density at radius 3 is 2.53 bits per heavy atom. The second-order valence-electron chi connectivity index (χ2n) is 4.08. The van der Waals surface area contributed by atoms with Crippen molar-refractivity contribution < 1.29 is 14.0 Å². The number of rotatable bonds is 7. The Morgan fingerprint density at radius 1 is 1.47 bits per heavy atom. The lowest BCUT2D eigenvalue weighted by atomic mass is 10.5. The van der Waals surface area contributed by atoms with Crippen molar-refractivity contribution >= 4 is 30.2 Å². The van der Waals surface area contributed by atoms with Crippen molar-refractivity contribution in [1.82, 2.24) is 0 Å². The molecule has 0 amide bonds. The van der Waals surface area contributed by atoms with Gasteiger partial charge in [-0.2, -0.15) is 0 Å². The molecule has 0 aliphatic heterocycles. The molecule has 3 nitrogen and oxygen atoms in total. The van der Waals surface area contributed by atoms with E-state index in [9.17, 15) is 4.79 Å². The number of alkyl halides is 1. The monoisotopic (exact) mass is 296 g/mol. The zero-order valence-electron chi connectivity index (χ0n) is 10.0. The predicted octanol–water partition coefficient (Wildman–Crippen LogP) is 2.94. The first-order valence-electron chi connectivity index (χ1n) is 5.33. The Labute approximate surface area is 102 Å². The maximum Gasteiger partial charge on any atom is 0.319 e. The highest BCUT2D eigenvalue weighted by atomic mass is 79.9. The van der Waals surface area contributed by atoms with E-state index >= 15 is 0 Å². The Kier molecular flexibility index (Phi) is 7.47. The van der Waals surface area contributed by atoms with Crippen LogP contribution in [0.3, 0.4) is 0 Å². The molecule has 0 saturated carbocycles. The summed E-state index contributed by atoms with van der Waals surface area (Å²) in [5.41, 5.74) is 0. The fraction of sp³-hybridized carbons (Fsp3) is 0.900. The van der Waals surface area contributed by atoms with Crippen molar-refractivity contribution in [3.8, 4) is 0 Å². The van der Waals surface area contributed by atoms with E-state index in [-0.39, 0.29) is 10.8 Å². The highest BCUT2D eigenvalue weighted by Gasteiger charge is 2.21. The van der Waals surface area contributed by atoms with E-state index in [1.165, 1.54) is 0 Å². The second kappa shape index (κ2) is 7.41.